The predicted molar refractivity (Wildman–Crippen MR) is 50.3 cm³/mol. The molecule has 0 N–H and O–H groups in total. The number of terminal acetylenes is 1. The lowest BCUT2D eigenvalue weighted by atomic mass is 10.3. The van der Waals surface area contributed by atoms with Crippen molar-refractivity contribution in [2.24, 2.45) is 0 Å². The highest BCUT2D eigenvalue weighted by atomic mass is 32.2. The Balaban J connectivity index is 3.14. The van der Waals surface area contributed by atoms with E-state index in [4.69, 9.17) is 6.42 Å². The molecule has 0 rings (SSSR count). The van der Waals surface area contributed by atoms with Crippen molar-refractivity contribution in [3.8, 4) is 12.3 Å². The zero-order chi connectivity index (χ0) is 8.04. The van der Waals surface area contributed by atoms with E-state index in [0.29, 0.717) is 4.75 Å². The van der Waals surface area contributed by atoms with Crippen molar-refractivity contribution in [1.82, 2.24) is 0 Å². The van der Waals surface area contributed by atoms with Crippen LogP contribution >= 0.6 is 11.8 Å². The van der Waals surface area contributed by atoms with E-state index in [1.54, 1.807) is 0 Å². The van der Waals surface area contributed by atoms with Crippen LogP contribution < -0.4 is 0 Å². The maximum Gasteiger partial charge on any atom is 0.00939 e. The summed E-state index contributed by atoms with van der Waals surface area (Å²) in [6, 6.07) is 0. The molecule has 10 heavy (non-hydrogen) atoms. The molecule has 0 bridgehead atoms. The van der Waals surface area contributed by atoms with Gasteiger partial charge in [0.2, 0.25) is 0 Å². The van der Waals surface area contributed by atoms with Gasteiger partial charge in [-0.1, -0.05) is 20.8 Å². The quantitative estimate of drug-likeness (QED) is 0.447. The molecule has 0 saturated heterocycles. The molecule has 0 aromatic carbocycles. The van der Waals surface area contributed by atoms with Crippen molar-refractivity contribution in [2.45, 2.75) is 38.4 Å². The normalized spacial score (nSPS) is 11.0. The Bertz CT molecular complexity index is 114. The van der Waals surface area contributed by atoms with Crippen LogP contribution in [0.25, 0.3) is 0 Å². The maximum absolute atomic E-state index is 5.12. The smallest absolute Gasteiger partial charge is 0.00939 e. The molecule has 0 aromatic heterocycles. The molecule has 0 radical (unpaired) electrons. The molecule has 0 unspecified atom stereocenters. The van der Waals surface area contributed by atoms with Gasteiger partial charge in [0.25, 0.3) is 0 Å². The Labute approximate surface area is 68.8 Å². The molecule has 0 atom stereocenters. The Morgan fingerprint density at radius 2 is 2.00 bits per heavy atom. The minimum Gasteiger partial charge on any atom is -0.156 e. The fourth-order valence-corrected chi connectivity index (χ4v) is 1.45. The van der Waals surface area contributed by atoms with Crippen molar-refractivity contribution < 1.29 is 0 Å². The lowest BCUT2D eigenvalue weighted by Gasteiger charge is -2.16. The molecular weight excluding hydrogens is 140 g/mol. The van der Waals surface area contributed by atoms with Gasteiger partial charge in [0.1, 0.15) is 0 Å². The summed E-state index contributed by atoms with van der Waals surface area (Å²) in [5.41, 5.74) is 0. The molecule has 0 aliphatic heterocycles. The van der Waals surface area contributed by atoms with Crippen molar-refractivity contribution in [2.75, 3.05) is 5.75 Å². The average molecular weight is 156 g/mol. The van der Waals surface area contributed by atoms with Crippen LogP contribution in [0.5, 0.6) is 0 Å². The molecule has 0 aromatic rings. The second-order valence-electron chi connectivity index (χ2n) is 3.27. The first-order chi connectivity index (χ1) is 4.56. The van der Waals surface area contributed by atoms with Crippen molar-refractivity contribution in [3.63, 3.8) is 0 Å². The summed E-state index contributed by atoms with van der Waals surface area (Å²) < 4.78 is 0.397. The van der Waals surface area contributed by atoms with Crippen LogP contribution in [-0.2, 0) is 0 Å². The van der Waals surface area contributed by atoms with Gasteiger partial charge in [0, 0.05) is 11.2 Å². The van der Waals surface area contributed by atoms with Gasteiger partial charge < -0.3 is 0 Å². The second-order valence-corrected chi connectivity index (χ2v) is 5.19. The predicted octanol–water partition coefficient (Wildman–Crippen LogP) is 2.93. The van der Waals surface area contributed by atoms with Crippen LogP contribution in [0.4, 0.5) is 0 Å². The van der Waals surface area contributed by atoms with E-state index >= 15 is 0 Å². The third kappa shape index (κ3) is 7.91. The van der Waals surface area contributed by atoms with Gasteiger partial charge in [-0.05, 0) is 12.2 Å². The largest absolute Gasteiger partial charge is 0.156 e. The first-order valence-corrected chi connectivity index (χ1v) is 4.62. The van der Waals surface area contributed by atoms with E-state index in [1.165, 1.54) is 5.75 Å². The van der Waals surface area contributed by atoms with Crippen LogP contribution in [0, 0.1) is 12.3 Å². The Morgan fingerprint density at radius 3 is 2.40 bits per heavy atom. The Hall–Kier alpha value is -0.0900. The Morgan fingerprint density at radius 1 is 1.40 bits per heavy atom. The van der Waals surface area contributed by atoms with Crippen LogP contribution in [0.2, 0.25) is 0 Å². The van der Waals surface area contributed by atoms with E-state index in [1.807, 2.05) is 11.8 Å². The lowest BCUT2D eigenvalue weighted by Crippen LogP contribution is -2.07. The van der Waals surface area contributed by atoms with E-state index in [-0.39, 0.29) is 0 Å². The Kier molecular flexibility index (Phi) is 4.64. The molecule has 0 heterocycles. The third-order valence-corrected chi connectivity index (χ3v) is 2.36. The highest BCUT2D eigenvalue weighted by Gasteiger charge is 2.08. The number of unbranched alkanes of at least 4 members (excludes halogenated alkanes) is 1. The minimum absolute atomic E-state index is 0.397. The van der Waals surface area contributed by atoms with E-state index in [2.05, 4.69) is 26.7 Å². The molecule has 0 nitrogen and oxygen atoms in total. The van der Waals surface area contributed by atoms with Gasteiger partial charge in [-0.2, -0.15) is 11.8 Å². The van der Waals surface area contributed by atoms with Gasteiger partial charge in [0.15, 0.2) is 0 Å². The lowest BCUT2D eigenvalue weighted by molar-refractivity contribution is 0.799. The first kappa shape index (κ1) is 9.91. The average Bonchev–Trinajstić information content (AvgIpc) is 1.78. The van der Waals surface area contributed by atoms with Crippen molar-refractivity contribution in [1.29, 1.82) is 0 Å². The number of rotatable bonds is 3. The SMILES string of the molecule is C#CCCCSC(C)(C)C. The number of hydrogen-bond donors (Lipinski definition) is 0. The van der Waals surface area contributed by atoms with E-state index in [0.717, 1.165) is 12.8 Å². The molecule has 0 aliphatic carbocycles. The molecule has 0 spiro atoms. The second kappa shape index (κ2) is 4.68. The van der Waals surface area contributed by atoms with Gasteiger partial charge >= 0.3 is 0 Å². The van der Waals surface area contributed by atoms with Gasteiger partial charge in [0.05, 0.1) is 0 Å². The standard InChI is InChI=1S/C9H16S/c1-5-6-7-8-10-9(2,3)4/h1H,6-8H2,2-4H3. The topological polar surface area (TPSA) is 0 Å². The summed E-state index contributed by atoms with van der Waals surface area (Å²) >= 11 is 1.98. The number of hydrogen-bond acceptors (Lipinski definition) is 1. The maximum atomic E-state index is 5.12. The third-order valence-electron chi connectivity index (χ3n) is 1.00. The summed E-state index contributed by atoms with van der Waals surface area (Å²) in [6.45, 7) is 6.69. The summed E-state index contributed by atoms with van der Waals surface area (Å²) in [5.74, 6) is 3.83. The molecule has 0 saturated carbocycles. The summed E-state index contributed by atoms with van der Waals surface area (Å²) in [4.78, 5) is 0. The highest BCUT2D eigenvalue weighted by molar-refractivity contribution is 8.00. The summed E-state index contributed by atoms with van der Waals surface area (Å²) in [5, 5.41) is 0. The van der Waals surface area contributed by atoms with Gasteiger partial charge in [-0.3, -0.25) is 0 Å². The van der Waals surface area contributed by atoms with Crippen molar-refractivity contribution >= 4 is 11.8 Å². The first-order valence-electron chi connectivity index (χ1n) is 3.64. The fraction of sp³-hybridized carbons (Fsp3) is 0.778. The molecule has 1 heteroatoms. The van der Waals surface area contributed by atoms with Gasteiger partial charge in [-0.25, -0.2) is 0 Å². The molecule has 0 fully saturated rings. The molecule has 58 valence electrons. The number of thioether (sulfide) groups is 1. The summed E-state index contributed by atoms with van der Waals surface area (Å²) in [6.07, 6.45) is 7.19. The van der Waals surface area contributed by atoms with Crippen LogP contribution in [-0.4, -0.2) is 10.5 Å². The van der Waals surface area contributed by atoms with Crippen molar-refractivity contribution in [3.05, 3.63) is 0 Å². The van der Waals surface area contributed by atoms with Crippen LogP contribution in [0.15, 0.2) is 0 Å². The van der Waals surface area contributed by atoms with E-state index < -0.39 is 0 Å². The molecular formula is C9H16S. The van der Waals surface area contributed by atoms with Crippen LogP contribution in [0.3, 0.4) is 0 Å². The van der Waals surface area contributed by atoms with Crippen LogP contribution in [0.1, 0.15) is 33.6 Å². The fourth-order valence-electron chi connectivity index (χ4n) is 0.553. The molecule has 0 aliphatic rings. The monoisotopic (exact) mass is 156 g/mol. The van der Waals surface area contributed by atoms with Gasteiger partial charge in [-0.15, -0.1) is 12.3 Å². The zero-order valence-corrected chi connectivity index (χ0v) is 7.92. The zero-order valence-electron chi connectivity index (χ0n) is 7.11. The summed E-state index contributed by atoms with van der Waals surface area (Å²) in [7, 11) is 0. The van der Waals surface area contributed by atoms with E-state index in [9.17, 15) is 0 Å². The highest BCUT2D eigenvalue weighted by Crippen LogP contribution is 2.23. The minimum atomic E-state index is 0.397. The molecule has 0 amide bonds.